The number of benzene rings is 2. The van der Waals surface area contributed by atoms with Crippen LogP contribution in [0, 0.1) is 6.92 Å². The lowest BCUT2D eigenvalue weighted by Crippen LogP contribution is -2.58. The highest BCUT2D eigenvalue weighted by Gasteiger charge is 2.46. The molecule has 0 amide bonds. The van der Waals surface area contributed by atoms with Gasteiger partial charge in [-0.1, -0.05) is 12.1 Å². The Bertz CT molecular complexity index is 1020. The summed E-state index contributed by atoms with van der Waals surface area (Å²) in [5.41, 5.74) is 2.52. The van der Waals surface area contributed by atoms with E-state index in [1.807, 2.05) is 18.2 Å². The highest BCUT2D eigenvalue weighted by molar-refractivity contribution is 6.01. The zero-order valence-corrected chi connectivity index (χ0v) is 18.1. The molecule has 9 heteroatoms. The van der Waals surface area contributed by atoms with Crippen molar-refractivity contribution in [1.82, 2.24) is 0 Å². The van der Waals surface area contributed by atoms with Crippen LogP contribution in [0.25, 0.3) is 0 Å². The van der Waals surface area contributed by atoms with Crippen LogP contribution in [-0.4, -0.2) is 70.2 Å². The van der Waals surface area contributed by atoms with Crippen molar-refractivity contribution >= 4 is 5.78 Å². The fourth-order valence-corrected chi connectivity index (χ4v) is 4.15. The van der Waals surface area contributed by atoms with Gasteiger partial charge in [-0.05, 0) is 48.2 Å². The molecule has 178 valence electrons. The molecule has 2 aromatic rings. The third kappa shape index (κ3) is 4.81. The number of ketones is 1. The molecule has 33 heavy (non-hydrogen) atoms. The molecule has 1 fully saturated rings. The smallest absolute Gasteiger partial charge is 0.229 e. The zero-order chi connectivity index (χ0) is 23.7. The van der Waals surface area contributed by atoms with Crippen LogP contribution in [-0.2, 0) is 17.6 Å². The van der Waals surface area contributed by atoms with Crippen LogP contribution in [0.15, 0.2) is 30.3 Å². The van der Waals surface area contributed by atoms with Crippen LogP contribution in [0.5, 0.6) is 17.2 Å². The Morgan fingerprint density at radius 3 is 2.76 bits per heavy atom. The van der Waals surface area contributed by atoms with Crippen molar-refractivity contribution in [2.45, 2.75) is 57.0 Å². The minimum absolute atomic E-state index is 0.0647. The molecule has 0 radical (unpaired) electrons. The van der Waals surface area contributed by atoms with Crippen LogP contribution in [0.3, 0.4) is 0 Å². The first-order valence-electron chi connectivity index (χ1n) is 10.8. The fourth-order valence-electron chi connectivity index (χ4n) is 4.15. The lowest BCUT2D eigenvalue weighted by molar-refractivity contribution is -0.265. The van der Waals surface area contributed by atoms with Crippen molar-refractivity contribution in [2.75, 3.05) is 13.2 Å². The summed E-state index contributed by atoms with van der Waals surface area (Å²) < 4.78 is 30.4. The average molecular weight is 462 g/mol. The van der Waals surface area contributed by atoms with E-state index in [2.05, 4.69) is 0 Å². The average Bonchev–Trinajstić information content (AvgIpc) is 3.25. The number of aliphatic hydroxyl groups excluding tert-OH is 3. The van der Waals surface area contributed by atoms with Gasteiger partial charge in [0.15, 0.2) is 12.0 Å². The quantitative estimate of drug-likeness (QED) is 0.458. The fraction of sp³-hybridized carbons (Fsp3) is 0.458. The number of ether oxygens (including phenoxy) is 3. The maximum Gasteiger partial charge on any atom is 0.229 e. The first-order valence-corrected chi connectivity index (χ1v) is 10.8. The van der Waals surface area contributed by atoms with Crippen molar-refractivity contribution < 1.29 is 43.8 Å². The van der Waals surface area contributed by atoms with Gasteiger partial charge in [0.2, 0.25) is 6.29 Å². The molecule has 0 bridgehead atoms. The van der Waals surface area contributed by atoms with Crippen molar-refractivity contribution in [3.8, 4) is 17.2 Å². The van der Waals surface area contributed by atoms with Crippen LogP contribution >= 0.6 is 0 Å². The number of hydrogen-bond acceptors (Lipinski definition) is 8. The number of hydrogen-bond donors (Lipinski definition) is 4. The van der Waals surface area contributed by atoms with Gasteiger partial charge in [-0.25, -0.2) is 4.39 Å². The Kier molecular flexibility index (Phi) is 6.85. The van der Waals surface area contributed by atoms with Crippen LogP contribution in [0.1, 0.15) is 33.5 Å². The van der Waals surface area contributed by atoms with Gasteiger partial charge in [0.25, 0.3) is 0 Å². The number of carbonyl (C=O) groups excluding carboxylic acids is 1. The third-order valence-electron chi connectivity index (χ3n) is 5.94. The molecule has 5 atom stereocenters. The van der Waals surface area contributed by atoms with Gasteiger partial charge < -0.3 is 34.6 Å². The molecule has 1 saturated heterocycles. The largest absolute Gasteiger partial charge is 0.507 e. The number of rotatable bonds is 7. The molecule has 5 unspecified atom stereocenters. The highest BCUT2D eigenvalue weighted by atomic mass is 19.1. The van der Waals surface area contributed by atoms with E-state index in [1.54, 1.807) is 6.92 Å². The number of aryl methyl sites for hydroxylation is 2. The number of phenolic OH excluding ortho intramolecular Hbond substituents is 1. The molecular weight excluding hydrogens is 435 g/mol. The molecule has 4 rings (SSSR count). The number of alkyl halides is 1. The van der Waals surface area contributed by atoms with E-state index in [9.17, 15) is 29.6 Å². The molecule has 2 aliphatic rings. The molecule has 2 aromatic carbocycles. The maximum atomic E-state index is 14.0. The predicted molar refractivity (Wildman–Crippen MR) is 114 cm³/mol. The zero-order valence-electron chi connectivity index (χ0n) is 18.1. The number of aliphatic hydroxyl groups is 3. The maximum absolute atomic E-state index is 14.0. The topological polar surface area (TPSA) is 126 Å². The first-order chi connectivity index (χ1) is 15.8. The number of halogens is 1. The first kappa shape index (κ1) is 23.4. The lowest BCUT2D eigenvalue weighted by atomic mass is 9.98. The number of fused-ring (bicyclic) bond motifs is 1. The molecule has 8 nitrogen and oxygen atoms in total. The molecule has 0 aliphatic carbocycles. The van der Waals surface area contributed by atoms with E-state index in [0.717, 1.165) is 23.3 Å². The Hall–Kier alpha value is -2.72. The summed E-state index contributed by atoms with van der Waals surface area (Å²) >= 11 is 0. The van der Waals surface area contributed by atoms with E-state index < -0.39 is 43.2 Å². The third-order valence-corrected chi connectivity index (χ3v) is 5.94. The second-order valence-corrected chi connectivity index (χ2v) is 8.39. The summed E-state index contributed by atoms with van der Waals surface area (Å²) in [7, 11) is 0. The van der Waals surface area contributed by atoms with E-state index in [0.29, 0.717) is 18.6 Å². The summed E-state index contributed by atoms with van der Waals surface area (Å²) in [5, 5.41) is 39.9. The van der Waals surface area contributed by atoms with Crippen LogP contribution in [0.2, 0.25) is 0 Å². The minimum Gasteiger partial charge on any atom is -0.507 e. The van der Waals surface area contributed by atoms with Gasteiger partial charge >= 0.3 is 0 Å². The summed E-state index contributed by atoms with van der Waals surface area (Å²) in [4.78, 5) is 13.0. The Morgan fingerprint density at radius 1 is 1.21 bits per heavy atom. The van der Waals surface area contributed by atoms with Gasteiger partial charge in [-0.15, -0.1) is 0 Å². The number of Topliss-reactive ketones (excluding diaryl/α,β-unsaturated/α-hetero) is 1. The lowest BCUT2D eigenvalue weighted by Gasteiger charge is -2.38. The van der Waals surface area contributed by atoms with E-state index >= 15 is 0 Å². The predicted octanol–water partition coefficient (Wildman–Crippen LogP) is 1.61. The van der Waals surface area contributed by atoms with Gasteiger partial charge in [0.1, 0.15) is 41.1 Å². The number of aromatic hydroxyl groups is 1. The molecule has 0 spiro atoms. The molecular formula is C24H27FO8. The second-order valence-electron chi connectivity index (χ2n) is 8.39. The monoisotopic (exact) mass is 462 g/mol. The Labute approximate surface area is 190 Å². The van der Waals surface area contributed by atoms with Gasteiger partial charge in [-0.2, -0.15) is 0 Å². The second kappa shape index (κ2) is 9.64. The molecule has 4 N–H and O–H groups in total. The summed E-state index contributed by atoms with van der Waals surface area (Å²) in [6, 6.07) is 8.66. The molecule has 2 aliphatic heterocycles. The van der Waals surface area contributed by atoms with Crippen LogP contribution < -0.4 is 9.47 Å². The van der Waals surface area contributed by atoms with E-state index in [-0.39, 0.29) is 23.5 Å². The normalized spacial score (nSPS) is 26.5. The van der Waals surface area contributed by atoms with Gasteiger partial charge in [0.05, 0.1) is 13.2 Å². The summed E-state index contributed by atoms with van der Waals surface area (Å²) in [6.45, 7) is 1.58. The minimum atomic E-state index is -2.01. The van der Waals surface area contributed by atoms with E-state index in [4.69, 9.17) is 14.2 Å². The molecule has 2 heterocycles. The molecule has 0 aromatic heterocycles. The van der Waals surface area contributed by atoms with Crippen molar-refractivity contribution in [3.63, 3.8) is 0 Å². The number of phenols is 1. The van der Waals surface area contributed by atoms with Crippen molar-refractivity contribution in [3.05, 3.63) is 52.6 Å². The van der Waals surface area contributed by atoms with Gasteiger partial charge in [-0.3, -0.25) is 4.79 Å². The van der Waals surface area contributed by atoms with E-state index in [1.165, 1.54) is 12.1 Å². The molecule has 0 saturated carbocycles. The SMILES string of the molecule is Cc1cc(O)c(C(=O)CCc2ccc3c(c2)CCO3)c(OC2OC(CO)C(F)C(O)C2O)c1. The van der Waals surface area contributed by atoms with Crippen molar-refractivity contribution in [1.29, 1.82) is 0 Å². The number of carbonyl (C=O) groups is 1. The van der Waals surface area contributed by atoms with Crippen molar-refractivity contribution in [2.24, 2.45) is 0 Å². The summed E-state index contributed by atoms with van der Waals surface area (Å²) in [5.74, 6) is 0.0874. The standard InChI is InChI=1S/C24H27FO8/c1-12-8-16(28)20(15(27)4-2-13-3-5-17-14(10-13)6-7-31-17)18(9-12)32-24-23(30)22(29)21(25)19(11-26)33-24/h3,5,8-10,19,21-24,26,28-30H,2,4,6-7,11H2,1H3. The highest BCUT2D eigenvalue weighted by Crippen LogP contribution is 2.34. The summed E-state index contributed by atoms with van der Waals surface area (Å²) in [6.07, 6.45) is -7.24. The van der Waals surface area contributed by atoms with Crippen LogP contribution in [0.4, 0.5) is 4.39 Å². The Balaban J connectivity index is 1.53. The van der Waals surface area contributed by atoms with Gasteiger partial charge in [0, 0.05) is 12.8 Å². The Morgan fingerprint density at radius 2 is 2.00 bits per heavy atom.